The van der Waals surface area contributed by atoms with Crippen LogP contribution in [0.2, 0.25) is 0 Å². The number of nitrogens with zero attached hydrogens (tertiary/aromatic N) is 1. The van der Waals surface area contributed by atoms with Crippen LogP contribution in [0.5, 0.6) is 0 Å². The first-order valence-electron chi connectivity index (χ1n) is 10.4. The lowest BCUT2D eigenvalue weighted by atomic mass is 9.57. The average molecular weight is 360 g/mol. The molecule has 2 saturated carbocycles. The Hall–Kier alpha value is -1.49. The predicted molar refractivity (Wildman–Crippen MR) is 103 cm³/mol. The van der Waals surface area contributed by atoms with Crippen molar-refractivity contribution in [2.24, 2.45) is 16.3 Å². The Labute approximate surface area is 157 Å². The second kappa shape index (κ2) is 7.63. The van der Waals surface area contributed by atoms with E-state index in [0.29, 0.717) is 24.1 Å². The molecule has 26 heavy (non-hydrogen) atoms. The Balaban J connectivity index is 1.41. The Kier molecular flexibility index (Phi) is 5.25. The maximum atomic E-state index is 5.95. The lowest BCUT2D eigenvalue weighted by molar-refractivity contribution is -0.106. The minimum atomic E-state index is 0.164. The fourth-order valence-corrected chi connectivity index (χ4v) is 5.07. The largest absolute Gasteiger partial charge is 0.469 e. The number of furan rings is 1. The van der Waals surface area contributed by atoms with Gasteiger partial charge in [0.15, 0.2) is 5.96 Å². The number of ether oxygens (including phenoxy) is 1. The van der Waals surface area contributed by atoms with Crippen LogP contribution in [0.15, 0.2) is 27.8 Å². The summed E-state index contributed by atoms with van der Waals surface area (Å²) in [6.07, 6.45) is 10.7. The summed E-state index contributed by atoms with van der Waals surface area (Å²) in [5, 5.41) is 7.49. The van der Waals surface area contributed by atoms with Gasteiger partial charge in [0, 0.05) is 43.0 Å². The zero-order valence-electron chi connectivity index (χ0n) is 16.2. The van der Waals surface area contributed by atoms with Crippen molar-refractivity contribution >= 4 is 5.96 Å². The summed E-state index contributed by atoms with van der Waals surface area (Å²) < 4.78 is 11.4. The minimum absolute atomic E-state index is 0.164. The summed E-state index contributed by atoms with van der Waals surface area (Å²) in [7, 11) is 0. The molecule has 2 heterocycles. The molecule has 3 fully saturated rings. The molecule has 2 aliphatic carbocycles. The zero-order valence-corrected chi connectivity index (χ0v) is 16.2. The fraction of sp³-hybridized carbons (Fsp3) is 0.762. The molecule has 2 N–H and O–H groups in total. The number of aliphatic imine (C=N–C) groups is 1. The molecular weight excluding hydrogens is 326 g/mol. The first-order valence-corrected chi connectivity index (χ1v) is 10.4. The van der Waals surface area contributed by atoms with E-state index in [1.54, 1.807) is 6.26 Å². The van der Waals surface area contributed by atoms with Crippen molar-refractivity contribution in [1.82, 2.24) is 10.6 Å². The number of hydrogen-bond donors (Lipinski definition) is 2. The van der Waals surface area contributed by atoms with E-state index in [1.807, 2.05) is 12.1 Å². The Morgan fingerprint density at radius 3 is 2.81 bits per heavy atom. The monoisotopic (exact) mass is 359 g/mol. The lowest BCUT2D eigenvalue weighted by Crippen LogP contribution is -2.68. The number of guanidine groups is 1. The maximum Gasteiger partial charge on any atom is 0.191 e. The van der Waals surface area contributed by atoms with Crippen molar-refractivity contribution in [2.75, 3.05) is 13.2 Å². The van der Waals surface area contributed by atoms with Crippen LogP contribution >= 0.6 is 0 Å². The lowest BCUT2D eigenvalue weighted by Gasteiger charge is -2.55. The second-order valence-electron chi connectivity index (χ2n) is 8.73. The van der Waals surface area contributed by atoms with Crippen molar-refractivity contribution in [2.45, 2.75) is 77.0 Å². The van der Waals surface area contributed by atoms with Crippen molar-refractivity contribution in [3.05, 3.63) is 24.2 Å². The molecule has 1 aliphatic heterocycles. The third-order valence-corrected chi connectivity index (χ3v) is 6.55. The van der Waals surface area contributed by atoms with Crippen LogP contribution in [0.4, 0.5) is 0 Å². The van der Waals surface area contributed by atoms with Crippen LogP contribution in [0.1, 0.15) is 58.1 Å². The summed E-state index contributed by atoms with van der Waals surface area (Å²) in [4.78, 5) is 4.89. The standard InChI is InChI=1S/C21H33N3O2/c1-21(2)18(17-11-14-26-19(17)21)24-20(23-15-7-4-3-5-8-15)22-12-10-16-9-6-13-25-16/h6,9,13,15,17-19H,3-5,7-8,10-12,14H2,1-2H3,(H2,22,23,24). The summed E-state index contributed by atoms with van der Waals surface area (Å²) >= 11 is 0. The van der Waals surface area contributed by atoms with Gasteiger partial charge in [0.2, 0.25) is 0 Å². The van der Waals surface area contributed by atoms with Crippen LogP contribution in [-0.2, 0) is 11.2 Å². The molecule has 5 nitrogen and oxygen atoms in total. The van der Waals surface area contributed by atoms with E-state index in [4.69, 9.17) is 14.1 Å². The molecule has 5 heteroatoms. The molecule has 3 atom stereocenters. The molecule has 1 aromatic rings. The van der Waals surface area contributed by atoms with Crippen LogP contribution in [0, 0.1) is 11.3 Å². The normalized spacial score (nSPS) is 31.3. The molecule has 3 unspecified atom stereocenters. The quantitative estimate of drug-likeness (QED) is 0.624. The highest BCUT2D eigenvalue weighted by molar-refractivity contribution is 5.80. The summed E-state index contributed by atoms with van der Waals surface area (Å²) in [6.45, 7) is 6.28. The molecule has 0 amide bonds. The number of rotatable bonds is 5. The van der Waals surface area contributed by atoms with Crippen molar-refractivity contribution in [1.29, 1.82) is 0 Å². The average Bonchev–Trinajstić information content (AvgIpc) is 3.31. The topological polar surface area (TPSA) is 58.8 Å². The van der Waals surface area contributed by atoms with Gasteiger partial charge in [0.05, 0.1) is 12.4 Å². The Bertz CT molecular complexity index is 605. The summed E-state index contributed by atoms with van der Waals surface area (Å²) in [6, 6.07) is 4.95. The Morgan fingerprint density at radius 1 is 1.19 bits per heavy atom. The SMILES string of the molecule is CC1(C)C(NC(=NCCc2ccco2)NC2CCCCC2)C2CCOC21. The van der Waals surface area contributed by atoms with Gasteiger partial charge in [0.1, 0.15) is 5.76 Å². The van der Waals surface area contributed by atoms with Crippen LogP contribution in [0.3, 0.4) is 0 Å². The van der Waals surface area contributed by atoms with Gasteiger partial charge in [-0.3, -0.25) is 4.99 Å². The second-order valence-corrected chi connectivity index (χ2v) is 8.73. The first kappa shape index (κ1) is 17.9. The number of hydrogen-bond acceptors (Lipinski definition) is 3. The van der Waals surface area contributed by atoms with E-state index in [1.165, 1.54) is 32.1 Å². The summed E-state index contributed by atoms with van der Waals surface area (Å²) in [5.41, 5.74) is 0.164. The van der Waals surface area contributed by atoms with Gasteiger partial charge in [-0.15, -0.1) is 0 Å². The predicted octanol–water partition coefficient (Wildman–Crippen LogP) is 3.50. The van der Waals surface area contributed by atoms with E-state index >= 15 is 0 Å². The van der Waals surface area contributed by atoms with Gasteiger partial charge in [-0.05, 0) is 31.4 Å². The van der Waals surface area contributed by atoms with Gasteiger partial charge in [-0.1, -0.05) is 33.1 Å². The van der Waals surface area contributed by atoms with Crippen molar-refractivity contribution in [3.8, 4) is 0 Å². The molecule has 0 aromatic carbocycles. The molecule has 3 aliphatic rings. The molecular formula is C21H33N3O2. The number of nitrogens with one attached hydrogen (secondary N) is 2. The molecule has 144 valence electrons. The molecule has 1 aromatic heterocycles. The molecule has 4 rings (SSSR count). The van der Waals surface area contributed by atoms with Crippen LogP contribution in [0.25, 0.3) is 0 Å². The molecule has 1 saturated heterocycles. The third-order valence-electron chi connectivity index (χ3n) is 6.55. The van der Waals surface area contributed by atoms with E-state index in [0.717, 1.165) is 37.7 Å². The van der Waals surface area contributed by atoms with Gasteiger partial charge in [0.25, 0.3) is 0 Å². The first-order chi connectivity index (χ1) is 12.6. The zero-order chi connectivity index (χ0) is 18.0. The molecule has 0 bridgehead atoms. The van der Waals surface area contributed by atoms with Gasteiger partial charge >= 0.3 is 0 Å². The highest BCUT2D eigenvalue weighted by atomic mass is 16.5. The maximum absolute atomic E-state index is 5.95. The van der Waals surface area contributed by atoms with Crippen molar-refractivity contribution < 1.29 is 9.15 Å². The van der Waals surface area contributed by atoms with E-state index < -0.39 is 0 Å². The summed E-state index contributed by atoms with van der Waals surface area (Å²) in [5.74, 6) is 2.60. The van der Waals surface area contributed by atoms with Crippen molar-refractivity contribution in [3.63, 3.8) is 0 Å². The highest BCUT2D eigenvalue weighted by Crippen LogP contribution is 2.52. The van der Waals surface area contributed by atoms with E-state index in [-0.39, 0.29) is 5.41 Å². The van der Waals surface area contributed by atoms with Gasteiger partial charge in [-0.25, -0.2) is 0 Å². The third kappa shape index (κ3) is 3.64. The number of fused-ring (bicyclic) bond motifs is 1. The Morgan fingerprint density at radius 2 is 2.04 bits per heavy atom. The fourth-order valence-electron chi connectivity index (χ4n) is 5.07. The minimum Gasteiger partial charge on any atom is -0.469 e. The molecule has 0 radical (unpaired) electrons. The van der Waals surface area contributed by atoms with Gasteiger partial charge in [-0.2, -0.15) is 0 Å². The van der Waals surface area contributed by atoms with E-state index in [2.05, 4.69) is 24.5 Å². The smallest absolute Gasteiger partial charge is 0.191 e. The highest BCUT2D eigenvalue weighted by Gasteiger charge is 2.59. The van der Waals surface area contributed by atoms with E-state index in [9.17, 15) is 0 Å². The van der Waals surface area contributed by atoms with Gasteiger partial charge < -0.3 is 19.8 Å². The molecule has 0 spiro atoms. The van der Waals surface area contributed by atoms with Crippen LogP contribution in [-0.4, -0.2) is 37.3 Å². The van der Waals surface area contributed by atoms with Crippen LogP contribution < -0.4 is 10.6 Å².